The number of carbonyl (C=O) groups excluding carboxylic acids is 1. The summed E-state index contributed by atoms with van der Waals surface area (Å²) >= 11 is 0. The smallest absolute Gasteiger partial charge is 0.255 e. The summed E-state index contributed by atoms with van der Waals surface area (Å²) < 4.78 is 3.99. The normalized spacial score (nSPS) is 11.0. The third-order valence-corrected chi connectivity index (χ3v) is 4.39. The highest BCUT2D eigenvalue weighted by Crippen LogP contribution is 2.21. The van der Waals surface area contributed by atoms with Gasteiger partial charge in [0.1, 0.15) is 0 Å². The van der Waals surface area contributed by atoms with Crippen molar-refractivity contribution in [1.82, 2.24) is 14.3 Å². The predicted octanol–water partition coefficient (Wildman–Crippen LogP) is 4.49. The van der Waals surface area contributed by atoms with E-state index in [0.717, 1.165) is 29.7 Å². The summed E-state index contributed by atoms with van der Waals surface area (Å²) in [7, 11) is 0. The number of benzene rings is 2. The summed E-state index contributed by atoms with van der Waals surface area (Å²) in [6, 6.07) is 17.4. The SMILES string of the molecule is CCCn1ccc2cc(NC(=O)c3ccc(-n4cccn4)cc3)ccc21. The first kappa shape index (κ1) is 16.1. The molecule has 2 aromatic carbocycles. The molecule has 2 heterocycles. The van der Waals surface area contributed by atoms with Crippen LogP contribution < -0.4 is 5.32 Å². The highest BCUT2D eigenvalue weighted by atomic mass is 16.1. The minimum absolute atomic E-state index is 0.121. The van der Waals surface area contributed by atoms with E-state index in [1.807, 2.05) is 48.7 Å². The maximum atomic E-state index is 12.5. The number of nitrogens with zero attached hydrogens (tertiary/aromatic N) is 3. The zero-order valence-electron chi connectivity index (χ0n) is 14.6. The highest BCUT2D eigenvalue weighted by Gasteiger charge is 2.08. The van der Waals surface area contributed by atoms with Crippen molar-refractivity contribution in [3.05, 3.63) is 78.8 Å². The summed E-state index contributed by atoms with van der Waals surface area (Å²) in [4.78, 5) is 12.5. The van der Waals surface area contributed by atoms with Gasteiger partial charge in [0, 0.05) is 47.3 Å². The molecule has 130 valence electrons. The number of nitrogens with one attached hydrogen (secondary N) is 1. The van der Waals surface area contributed by atoms with Gasteiger partial charge in [-0.05, 0) is 61.0 Å². The van der Waals surface area contributed by atoms with Crippen molar-refractivity contribution < 1.29 is 4.79 Å². The molecule has 5 nitrogen and oxygen atoms in total. The zero-order valence-corrected chi connectivity index (χ0v) is 14.6. The number of aryl methyl sites for hydroxylation is 1. The van der Waals surface area contributed by atoms with Gasteiger partial charge in [-0.15, -0.1) is 0 Å². The van der Waals surface area contributed by atoms with Crippen molar-refractivity contribution in [3.63, 3.8) is 0 Å². The van der Waals surface area contributed by atoms with E-state index in [2.05, 4.69) is 40.2 Å². The van der Waals surface area contributed by atoms with Gasteiger partial charge in [0.05, 0.1) is 5.69 Å². The van der Waals surface area contributed by atoms with Crippen molar-refractivity contribution in [2.75, 3.05) is 5.32 Å². The molecule has 0 aliphatic rings. The van der Waals surface area contributed by atoms with Gasteiger partial charge in [0.15, 0.2) is 0 Å². The van der Waals surface area contributed by atoms with Crippen LogP contribution in [0.1, 0.15) is 23.7 Å². The summed E-state index contributed by atoms with van der Waals surface area (Å²) in [6.07, 6.45) is 6.78. The Hall–Kier alpha value is -3.34. The maximum Gasteiger partial charge on any atom is 0.255 e. The van der Waals surface area contributed by atoms with Gasteiger partial charge in [-0.1, -0.05) is 6.92 Å². The third kappa shape index (κ3) is 3.11. The molecule has 4 aromatic rings. The van der Waals surface area contributed by atoms with E-state index in [-0.39, 0.29) is 5.91 Å². The van der Waals surface area contributed by atoms with Crippen molar-refractivity contribution in [2.45, 2.75) is 19.9 Å². The Balaban J connectivity index is 1.51. The largest absolute Gasteiger partial charge is 0.347 e. The number of carbonyl (C=O) groups is 1. The first-order chi connectivity index (χ1) is 12.7. The van der Waals surface area contributed by atoms with Gasteiger partial charge >= 0.3 is 0 Å². The van der Waals surface area contributed by atoms with Gasteiger partial charge in [-0.25, -0.2) is 4.68 Å². The van der Waals surface area contributed by atoms with E-state index in [1.165, 1.54) is 5.52 Å². The lowest BCUT2D eigenvalue weighted by atomic mass is 10.1. The van der Waals surface area contributed by atoms with Crippen LogP contribution in [-0.4, -0.2) is 20.3 Å². The molecule has 0 bridgehead atoms. The lowest BCUT2D eigenvalue weighted by molar-refractivity contribution is 0.102. The maximum absolute atomic E-state index is 12.5. The molecule has 0 fully saturated rings. The molecule has 0 saturated heterocycles. The fourth-order valence-corrected chi connectivity index (χ4v) is 3.10. The van der Waals surface area contributed by atoms with Gasteiger partial charge in [0.2, 0.25) is 0 Å². The van der Waals surface area contributed by atoms with Crippen LogP contribution in [0.4, 0.5) is 5.69 Å². The van der Waals surface area contributed by atoms with Gasteiger partial charge in [-0.2, -0.15) is 5.10 Å². The van der Waals surface area contributed by atoms with Crippen molar-refractivity contribution >= 4 is 22.5 Å². The van der Waals surface area contributed by atoms with E-state index in [4.69, 9.17) is 0 Å². The van der Waals surface area contributed by atoms with Crippen LogP contribution in [-0.2, 0) is 6.54 Å². The summed E-state index contributed by atoms with van der Waals surface area (Å²) in [5.74, 6) is -0.121. The molecule has 0 aliphatic carbocycles. The van der Waals surface area contributed by atoms with Gasteiger partial charge in [0.25, 0.3) is 5.91 Å². The molecule has 26 heavy (non-hydrogen) atoms. The molecular weight excluding hydrogens is 324 g/mol. The minimum atomic E-state index is -0.121. The average Bonchev–Trinajstić information content (AvgIpc) is 3.32. The van der Waals surface area contributed by atoms with Crippen molar-refractivity contribution in [2.24, 2.45) is 0 Å². The fourth-order valence-electron chi connectivity index (χ4n) is 3.10. The Labute approximate surface area is 151 Å². The summed E-state index contributed by atoms with van der Waals surface area (Å²) in [5.41, 5.74) is 3.52. The Morgan fingerprint density at radius 3 is 2.65 bits per heavy atom. The Bertz CT molecular complexity index is 1030. The molecule has 1 amide bonds. The molecule has 4 rings (SSSR count). The molecule has 2 aromatic heterocycles. The first-order valence-electron chi connectivity index (χ1n) is 8.75. The molecule has 5 heteroatoms. The number of hydrogen-bond donors (Lipinski definition) is 1. The first-order valence-corrected chi connectivity index (χ1v) is 8.75. The number of fused-ring (bicyclic) bond motifs is 1. The molecule has 0 unspecified atom stereocenters. The number of rotatable bonds is 5. The van der Waals surface area contributed by atoms with E-state index in [0.29, 0.717) is 5.56 Å². The van der Waals surface area contributed by atoms with E-state index in [9.17, 15) is 4.79 Å². The van der Waals surface area contributed by atoms with E-state index < -0.39 is 0 Å². The topological polar surface area (TPSA) is 51.9 Å². The fraction of sp³-hybridized carbons (Fsp3) is 0.143. The van der Waals surface area contributed by atoms with Crippen LogP contribution in [0.3, 0.4) is 0 Å². The van der Waals surface area contributed by atoms with Crippen LogP contribution in [0.2, 0.25) is 0 Å². The van der Waals surface area contributed by atoms with Crippen LogP contribution >= 0.6 is 0 Å². The Morgan fingerprint density at radius 2 is 1.92 bits per heavy atom. The molecule has 0 radical (unpaired) electrons. The van der Waals surface area contributed by atoms with Crippen LogP contribution in [0, 0.1) is 0 Å². The lowest BCUT2D eigenvalue weighted by Crippen LogP contribution is -2.12. The molecule has 1 N–H and O–H groups in total. The summed E-state index contributed by atoms with van der Waals surface area (Å²) in [6.45, 7) is 3.16. The second-order valence-electron chi connectivity index (χ2n) is 6.23. The Morgan fingerprint density at radius 1 is 1.08 bits per heavy atom. The van der Waals surface area contributed by atoms with Crippen LogP contribution in [0.15, 0.2) is 73.2 Å². The third-order valence-electron chi connectivity index (χ3n) is 4.39. The minimum Gasteiger partial charge on any atom is -0.347 e. The van der Waals surface area contributed by atoms with Crippen molar-refractivity contribution in [3.8, 4) is 5.69 Å². The molecule has 0 spiro atoms. The number of amides is 1. The molecule has 0 saturated carbocycles. The molecule has 0 aliphatic heterocycles. The van der Waals surface area contributed by atoms with Crippen molar-refractivity contribution in [1.29, 1.82) is 0 Å². The monoisotopic (exact) mass is 344 g/mol. The van der Waals surface area contributed by atoms with Crippen LogP contribution in [0.5, 0.6) is 0 Å². The van der Waals surface area contributed by atoms with Gasteiger partial charge < -0.3 is 9.88 Å². The molecular formula is C21H20N4O. The van der Waals surface area contributed by atoms with Gasteiger partial charge in [-0.3, -0.25) is 4.79 Å². The average molecular weight is 344 g/mol. The second-order valence-corrected chi connectivity index (χ2v) is 6.23. The molecule has 0 atom stereocenters. The number of hydrogen-bond acceptors (Lipinski definition) is 2. The quantitative estimate of drug-likeness (QED) is 0.580. The second kappa shape index (κ2) is 6.88. The Kier molecular flexibility index (Phi) is 4.27. The zero-order chi connectivity index (χ0) is 17.9. The van der Waals surface area contributed by atoms with Crippen LogP contribution in [0.25, 0.3) is 16.6 Å². The number of aromatic nitrogens is 3. The lowest BCUT2D eigenvalue weighted by Gasteiger charge is -2.08. The number of anilines is 1. The van der Waals surface area contributed by atoms with E-state index in [1.54, 1.807) is 10.9 Å². The highest BCUT2D eigenvalue weighted by molar-refractivity contribution is 6.05. The standard InChI is InChI=1S/C21H20N4O/c1-2-12-24-14-10-17-15-18(6-9-20(17)24)23-21(26)16-4-7-19(8-5-16)25-13-3-11-22-25/h3-11,13-15H,2,12H2,1H3,(H,23,26). The van der Waals surface area contributed by atoms with E-state index >= 15 is 0 Å². The summed E-state index contributed by atoms with van der Waals surface area (Å²) in [5, 5.41) is 8.29. The predicted molar refractivity (Wildman–Crippen MR) is 104 cm³/mol.